The van der Waals surface area contributed by atoms with Gasteiger partial charge in [0.05, 0.1) is 18.9 Å². The highest BCUT2D eigenvalue weighted by Crippen LogP contribution is 2.34. The van der Waals surface area contributed by atoms with Gasteiger partial charge in [-0.3, -0.25) is 0 Å². The maximum Gasteiger partial charge on any atom is 0.339 e. The Labute approximate surface area is 179 Å². The number of nitrogens with one attached hydrogen (secondary N) is 3. The molecule has 0 radical (unpaired) electrons. The van der Waals surface area contributed by atoms with Gasteiger partial charge in [0.1, 0.15) is 5.75 Å². The molecule has 2 amide bonds. The van der Waals surface area contributed by atoms with E-state index < -0.39 is 6.03 Å². The molecule has 1 atom stereocenters. The van der Waals surface area contributed by atoms with Gasteiger partial charge in [0, 0.05) is 28.4 Å². The van der Waals surface area contributed by atoms with E-state index in [-0.39, 0.29) is 6.04 Å². The summed E-state index contributed by atoms with van der Waals surface area (Å²) in [6.07, 6.45) is 0.611. The number of hydrogen-bond donors (Lipinski definition) is 3. The van der Waals surface area contributed by atoms with Gasteiger partial charge >= 0.3 is 6.03 Å². The van der Waals surface area contributed by atoms with E-state index in [1.807, 2.05) is 36.4 Å². The van der Waals surface area contributed by atoms with Crippen LogP contribution in [0.3, 0.4) is 0 Å². The molecule has 7 heteroatoms. The third-order valence-corrected chi connectivity index (χ3v) is 5.10. The summed E-state index contributed by atoms with van der Waals surface area (Å²) >= 11 is 6.20. The molecule has 0 fully saturated rings. The average molecular weight is 421 g/mol. The lowest BCUT2D eigenvalue weighted by Gasteiger charge is -2.28. The largest absolute Gasteiger partial charge is 0.497 e. The highest BCUT2D eigenvalue weighted by Gasteiger charge is 2.24. The molecule has 3 aromatic rings. The molecule has 1 unspecified atom stereocenters. The van der Waals surface area contributed by atoms with Gasteiger partial charge in [0.2, 0.25) is 0 Å². The van der Waals surface area contributed by atoms with Crippen LogP contribution in [0.15, 0.2) is 77.9 Å². The van der Waals surface area contributed by atoms with Crippen molar-refractivity contribution in [2.24, 2.45) is 5.10 Å². The van der Waals surface area contributed by atoms with E-state index in [2.05, 4.69) is 33.3 Å². The first kappa shape index (κ1) is 19.8. The van der Waals surface area contributed by atoms with Crippen molar-refractivity contribution in [2.45, 2.75) is 12.5 Å². The van der Waals surface area contributed by atoms with Crippen LogP contribution in [-0.4, -0.2) is 18.9 Å². The molecule has 1 aliphatic rings. The number of benzene rings is 3. The molecule has 6 nitrogen and oxygen atoms in total. The predicted molar refractivity (Wildman–Crippen MR) is 121 cm³/mol. The number of amides is 2. The zero-order valence-electron chi connectivity index (χ0n) is 16.4. The van der Waals surface area contributed by atoms with Crippen molar-refractivity contribution in [3.8, 4) is 5.75 Å². The Hall–Kier alpha value is -3.51. The van der Waals surface area contributed by atoms with Crippen molar-refractivity contribution in [1.82, 2.24) is 5.43 Å². The number of halogens is 1. The minimum Gasteiger partial charge on any atom is -0.497 e. The van der Waals surface area contributed by atoms with Crippen molar-refractivity contribution in [3.05, 3.63) is 88.9 Å². The smallest absolute Gasteiger partial charge is 0.339 e. The van der Waals surface area contributed by atoms with Crippen LogP contribution in [0, 0.1) is 0 Å². The van der Waals surface area contributed by atoms with E-state index >= 15 is 0 Å². The molecule has 0 aromatic heterocycles. The Balaban J connectivity index is 1.53. The van der Waals surface area contributed by atoms with Gasteiger partial charge < -0.3 is 15.4 Å². The zero-order chi connectivity index (χ0) is 20.9. The number of fused-ring (bicyclic) bond motifs is 1. The van der Waals surface area contributed by atoms with Crippen LogP contribution in [0.1, 0.15) is 23.6 Å². The molecule has 3 N–H and O–H groups in total. The van der Waals surface area contributed by atoms with Crippen molar-refractivity contribution >= 4 is 34.7 Å². The fourth-order valence-electron chi connectivity index (χ4n) is 3.37. The Morgan fingerprint density at radius 1 is 1.10 bits per heavy atom. The van der Waals surface area contributed by atoms with E-state index in [1.165, 1.54) is 0 Å². The standard InChI is InChI=1S/C23H21ClN4O2/c1-30-18-10-8-17(9-11-18)25-23(29)28-27-22-14-21(15-5-3-2-4-6-15)26-20-12-7-16(24)13-19(20)22/h2-13,21,26H,14H2,1H3,(H2,25,28,29). The number of urea groups is 1. The molecular weight excluding hydrogens is 400 g/mol. The van der Waals surface area contributed by atoms with Gasteiger partial charge in [-0.1, -0.05) is 41.9 Å². The number of carbonyl (C=O) groups excluding carboxylic acids is 1. The van der Waals surface area contributed by atoms with E-state index in [4.69, 9.17) is 16.3 Å². The molecule has 1 heterocycles. The van der Waals surface area contributed by atoms with Gasteiger partial charge in [-0.25, -0.2) is 10.2 Å². The second kappa shape index (κ2) is 8.88. The molecule has 4 rings (SSSR count). The lowest BCUT2D eigenvalue weighted by atomic mass is 9.92. The summed E-state index contributed by atoms with van der Waals surface area (Å²) in [5.74, 6) is 0.719. The van der Waals surface area contributed by atoms with Crippen molar-refractivity contribution in [3.63, 3.8) is 0 Å². The van der Waals surface area contributed by atoms with Crippen LogP contribution in [0.25, 0.3) is 0 Å². The summed E-state index contributed by atoms with van der Waals surface area (Å²) < 4.78 is 5.12. The van der Waals surface area contributed by atoms with Crippen LogP contribution < -0.4 is 20.8 Å². The van der Waals surface area contributed by atoms with Crippen LogP contribution in [0.4, 0.5) is 16.2 Å². The van der Waals surface area contributed by atoms with E-state index in [0.29, 0.717) is 17.1 Å². The summed E-state index contributed by atoms with van der Waals surface area (Å²) in [5, 5.41) is 11.3. The zero-order valence-corrected chi connectivity index (χ0v) is 17.1. The highest BCUT2D eigenvalue weighted by atomic mass is 35.5. The van der Waals surface area contributed by atoms with Gasteiger partial charge in [-0.15, -0.1) is 0 Å². The lowest BCUT2D eigenvalue weighted by molar-refractivity contribution is 0.252. The fraction of sp³-hybridized carbons (Fsp3) is 0.130. The number of rotatable bonds is 4. The Bertz CT molecular complexity index is 1070. The van der Waals surface area contributed by atoms with Gasteiger partial charge in [0.15, 0.2) is 0 Å². The monoisotopic (exact) mass is 420 g/mol. The number of anilines is 2. The first-order valence-corrected chi connectivity index (χ1v) is 9.89. The normalized spacial score (nSPS) is 16.3. The van der Waals surface area contributed by atoms with E-state index in [1.54, 1.807) is 31.4 Å². The van der Waals surface area contributed by atoms with Crippen LogP contribution in [0.5, 0.6) is 5.75 Å². The van der Waals surface area contributed by atoms with Gasteiger partial charge in [-0.05, 0) is 48.0 Å². The maximum absolute atomic E-state index is 12.3. The fourth-order valence-corrected chi connectivity index (χ4v) is 3.54. The van der Waals surface area contributed by atoms with E-state index in [0.717, 1.165) is 28.3 Å². The minimum absolute atomic E-state index is 0.0464. The molecule has 0 saturated carbocycles. The molecule has 0 bridgehead atoms. The van der Waals surface area contributed by atoms with Crippen molar-refractivity contribution < 1.29 is 9.53 Å². The van der Waals surface area contributed by atoms with Crippen LogP contribution in [-0.2, 0) is 0 Å². The van der Waals surface area contributed by atoms with Crippen molar-refractivity contribution in [2.75, 3.05) is 17.7 Å². The molecule has 152 valence electrons. The highest BCUT2D eigenvalue weighted by molar-refractivity contribution is 6.31. The Morgan fingerprint density at radius 3 is 2.60 bits per heavy atom. The molecule has 30 heavy (non-hydrogen) atoms. The van der Waals surface area contributed by atoms with Gasteiger partial charge in [-0.2, -0.15) is 5.10 Å². The third kappa shape index (κ3) is 4.55. The quantitative estimate of drug-likeness (QED) is 0.492. The lowest BCUT2D eigenvalue weighted by Crippen LogP contribution is -2.29. The second-order valence-corrected chi connectivity index (χ2v) is 7.29. The number of carbonyl (C=O) groups is 1. The third-order valence-electron chi connectivity index (χ3n) is 4.86. The number of methoxy groups -OCH3 is 1. The topological polar surface area (TPSA) is 74.8 Å². The molecule has 0 aliphatic carbocycles. The van der Waals surface area contributed by atoms with E-state index in [9.17, 15) is 4.79 Å². The molecule has 0 saturated heterocycles. The Kier molecular flexibility index (Phi) is 5.86. The number of hydrazone groups is 1. The summed E-state index contributed by atoms with van der Waals surface area (Å²) in [6, 6.07) is 22.4. The molecule has 3 aromatic carbocycles. The van der Waals surface area contributed by atoms with Crippen molar-refractivity contribution in [1.29, 1.82) is 0 Å². The average Bonchev–Trinajstić information content (AvgIpc) is 2.78. The minimum atomic E-state index is -0.425. The molecule has 1 aliphatic heterocycles. The predicted octanol–water partition coefficient (Wildman–Crippen LogP) is 5.43. The van der Waals surface area contributed by atoms with Gasteiger partial charge in [0.25, 0.3) is 0 Å². The number of ether oxygens (including phenoxy) is 1. The molecule has 0 spiro atoms. The Morgan fingerprint density at radius 2 is 1.87 bits per heavy atom. The summed E-state index contributed by atoms with van der Waals surface area (Å²) in [7, 11) is 1.59. The maximum atomic E-state index is 12.3. The van der Waals surface area contributed by atoms with Crippen LogP contribution in [0.2, 0.25) is 5.02 Å². The first-order chi connectivity index (χ1) is 14.6. The summed E-state index contributed by atoms with van der Waals surface area (Å²) in [4.78, 5) is 12.3. The number of hydrogen-bond acceptors (Lipinski definition) is 4. The summed E-state index contributed by atoms with van der Waals surface area (Å²) in [5.41, 5.74) is 6.94. The van der Waals surface area contributed by atoms with Crippen LogP contribution >= 0.6 is 11.6 Å². The summed E-state index contributed by atoms with van der Waals surface area (Å²) in [6.45, 7) is 0. The number of nitrogens with zero attached hydrogens (tertiary/aromatic N) is 1. The second-order valence-electron chi connectivity index (χ2n) is 6.85. The first-order valence-electron chi connectivity index (χ1n) is 9.51. The molecular formula is C23H21ClN4O2. The SMILES string of the molecule is COc1ccc(NC(=O)NN=C2CC(c3ccccc3)Nc3ccc(Cl)cc32)cc1.